The minimum Gasteiger partial charge on any atom is -0.395 e. The van der Waals surface area contributed by atoms with E-state index in [1.165, 1.54) is 11.1 Å². The zero-order chi connectivity index (χ0) is 13.5. The molecule has 0 saturated heterocycles. The summed E-state index contributed by atoms with van der Waals surface area (Å²) in [4.78, 5) is 9.03. The number of aromatic nitrogens is 2. The first kappa shape index (κ1) is 12.3. The van der Waals surface area contributed by atoms with Crippen LogP contribution in [-0.4, -0.2) is 21.7 Å². The van der Waals surface area contributed by atoms with Gasteiger partial charge in [-0.3, -0.25) is 0 Å². The smallest absolute Gasteiger partial charge is 0.137 e. The van der Waals surface area contributed by atoms with Crippen molar-refractivity contribution in [3.05, 3.63) is 47.4 Å². The van der Waals surface area contributed by atoms with E-state index in [2.05, 4.69) is 42.0 Å². The van der Waals surface area contributed by atoms with Crippen molar-refractivity contribution in [2.45, 2.75) is 32.1 Å². The van der Waals surface area contributed by atoms with Gasteiger partial charge >= 0.3 is 0 Å². The van der Waals surface area contributed by atoms with E-state index >= 15 is 0 Å². The van der Waals surface area contributed by atoms with E-state index in [0.29, 0.717) is 0 Å². The maximum absolute atomic E-state index is 9.49. The van der Waals surface area contributed by atoms with Crippen molar-refractivity contribution in [2.75, 3.05) is 6.61 Å². The Morgan fingerprint density at radius 2 is 2.00 bits per heavy atom. The SMILES string of the molecule is Cc1ccc(C)c(-c2ccnc(C3(CO)CC3)n2)c1. The lowest BCUT2D eigenvalue weighted by Crippen LogP contribution is -2.16. The van der Waals surface area contributed by atoms with Gasteiger partial charge in [-0.25, -0.2) is 9.97 Å². The Balaban J connectivity index is 2.06. The third-order valence-corrected chi connectivity index (χ3v) is 3.96. The summed E-state index contributed by atoms with van der Waals surface area (Å²) >= 11 is 0. The van der Waals surface area contributed by atoms with Crippen molar-refractivity contribution in [1.82, 2.24) is 9.97 Å². The highest BCUT2D eigenvalue weighted by Gasteiger charge is 2.46. The van der Waals surface area contributed by atoms with Gasteiger partial charge in [0.05, 0.1) is 17.7 Å². The van der Waals surface area contributed by atoms with Crippen LogP contribution in [0.2, 0.25) is 0 Å². The van der Waals surface area contributed by atoms with Crippen LogP contribution < -0.4 is 0 Å². The number of aliphatic hydroxyl groups excluding tert-OH is 1. The minimum absolute atomic E-state index is 0.142. The summed E-state index contributed by atoms with van der Waals surface area (Å²) in [6, 6.07) is 8.32. The quantitative estimate of drug-likeness (QED) is 0.916. The molecule has 1 heterocycles. The predicted molar refractivity (Wildman–Crippen MR) is 74.9 cm³/mol. The standard InChI is InChI=1S/C16H18N2O/c1-11-3-4-12(2)13(9-11)14-5-8-17-15(18-14)16(10-19)6-7-16/h3-5,8-9,19H,6-7,10H2,1-2H3. The second kappa shape index (κ2) is 4.42. The van der Waals surface area contributed by atoms with Crippen LogP contribution in [0.3, 0.4) is 0 Å². The number of rotatable bonds is 3. The first-order valence-corrected chi connectivity index (χ1v) is 6.67. The molecule has 2 aromatic rings. The average Bonchev–Trinajstić information content (AvgIpc) is 3.23. The molecule has 1 fully saturated rings. The van der Waals surface area contributed by atoms with Gasteiger partial charge in [-0.1, -0.05) is 17.7 Å². The Hall–Kier alpha value is -1.74. The predicted octanol–water partition coefficient (Wildman–Crippen LogP) is 2.78. The van der Waals surface area contributed by atoms with Gasteiger partial charge in [-0.15, -0.1) is 0 Å². The van der Waals surface area contributed by atoms with Crippen LogP contribution in [0, 0.1) is 13.8 Å². The van der Waals surface area contributed by atoms with Gasteiger partial charge in [0.15, 0.2) is 0 Å². The molecule has 1 aliphatic carbocycles. The lowest BCUT2D eigenvalue weighted by Gasteiger charge is -2.12. The Bertz CT molecular complexity index is 618. The fraction of sp³-hybridized carbons (Fsp3) is 0.375. The zero-order valence-electron chi connectivity index (χ0n) is 11.3. The van der Waals surface area contributed by atoms with E-state index < -0.39 is 0 Å². The Labute approximate surface area is 113 Å². The van der Waals surface area contributed by atoms with Crippen LogP contribution in [0.1, 0.15) is 29.8 Å². The molecule has 0 spiro atoms. The van der Waals surface area contributed by atoms with Crippen molar-refractivity contribution in [1.29, 1.82) is 0 Å². The van der Waals surface area contributed by atoms with Gasteiger partial charge in [0.1, 0.15) is 5.82 Å². The molecule has 0 bridgehead atoms. The number of nitrogens with zero attached hydrogens (tertiary/aromatic N) is 2. The number of hydrogen-bond acceptors (Lipinski definition) is 3. The van der Waals surface area contributed by atoms with E-state index in [1.54, 1.807) is 6.20 Å². The summed E-state index contributed by atoms with van der Waals surface area (Å²) in [6.45, 7) is 4.32. The summed E-state index contributed by atoms with van der Waals surface area (Å²) < 4.78 is 0. The molecule has 1 aromatic carbocycles. The Kier molecular flexibility index (Phi) is 2.86. The molecule has 3 nitrogen and oxygen atoms in total. The van der Waals surface area contributed by atoms with Crippen molar-refractivity contribution in [2.24, 2.45) is 0 Å². The van der Waals surface area contributed by atoms with Gasteiger partial charge < -0.3 is 5.11 Å². The first-order valence-electron chi connectivity index (χ1n) is 6.67. The Morgan fingerprint density at radius 3 is 2.68 bits per heavy atom. The molecule has 0 amide bonds. The summed E-state index contributed by atoms with van der Waals surface area (Å²) in [6.07, 6.45) is 3.77. The topological polar surface area (TPSA) is 46.0 Å². The molecular formula is C16H18N2O. The molecule has 1 N–H and O–H groups in total. The summed E-state index contributed by atoms with van der Waals surface area (Å²) in [5.74, 6) is 0.786. The second-order valence-electron chi connectivity index (χ2n) is 5.52. The van der Waals surface area contributed by atoms with Crippen molar-refractivity contribution < 1.29 is 5.11 Å². The molecule has 0 atom stereocenters. The third kappa shape index (κ3) is 2.15. The van der Waals surface area contributed by atoms with Crippen molar-refractivity contribution in [3.8, 4) is 11.3 Å². The first-order chi connectivity index (χ1) is 9.14. The number of benzene rings is 1. The van der Waals surface area contributed by atoms with Gasteiger partial charge in [0.2, 0.25) is 0 Å². The van der Waals surface area contributed by atoms with Crippen LogP contribution >= 0.6 is 0 Å². The van der Waals surface area contributed by atoms with E-state index in [1.807, 2.05) is 6.07 Å². The molecule has 1 saturated carbocycles. The molecule has 0 radical (unpaired) electrons. The molecule has 0 aliphatic heterocycles. The Morgan fingerprint density at radius 1 is 1.21 bits per heavy atom. The monoisotopic (exact) mass is 254 g/mol. The van der Waals surface area contributed by atoms with E-state index in [9.17, 15) is 5.11 Å². The van der Waals surface area contributed by atoms with E-state index in [-0.39, 0.29) is 12.0 Å². The fourth-order valence-corrected chi connectivity index (χ4v) is 2.38. The van der Waals surface area contributed by atoms with Crippen LogP contribution in [0.15, 0.2) is 30.5 Å². The number of aryl methyl sites for hydroxylation is 2. The summed E-state index contributed by atoms with van der Waals surface area (Å²) in [7, 11) is 0. The number of aliphatic hydroxyl groups is 1. The fourth-order valence-electron chi connectivity index (χ4n) is 2.38. The highest BCUT2D eigenvalue weighted by molar-refractivity contribution is 5.64. The molecule has 0 unspecified atom stereocenters. The van der Waals surface area contributed by atoms with Gasteiger partial charge in [0.25, 0.3) is 0 Å². The molecule has 1 aromatic heterocycles. The number of hydrogen-bond donors (Lipinski definition) is 1. The summed E-state index contributed by atoms with van der Waals surface area (Å²) in [5, 5.41) is 9.49. The van der Waals surface area contributed by atoms with Crippen LogP contribution in [0.4, 0.5) is 0 Å². The van der Waals surface area contributed by atoms with Crippen LogP contribution in [0.5, 0.6) is 0 Å². The lowest BCUT2D eigenvalue weighted by atomic mass is 10.0. The van der Waals surface area contributed by atoms with Crippen molar-refractivity contribution >= 4 is 0 Å². The van der Waals surface area contributed by atoms with E-state index in [0.717, 1.165) is 29.9 Å². The van der Waals surface area contributed by atoms with Crippen LogP contribution in [0.25, 0.3) is 11.3 Å². The lowest BCUT2D eigenvalue weighted by molar-refractivity contribution is 0.250. The molecule has 3 heteroatoms. The molecule has 1 aliphatic rings. The van der Waals surface area contributed by atoms with Crippen molar-refractivity contribution in [3.63, 3.8) is 0 Å². The highest BCUT2D eigenvalue weighted by atomic mass is 16.3. The van der Waals surface area contributed by atoms with Crippen LogP contribution in [-0.2, 0) is 5.41 Å². The normalized spacial score (nSPS) is 16.4. The average molecular weight is 254 g/mol. The van der Waals surface area contributed by atoms with Gasteiger partial charge in [0, 0.05) is 11.8 Å². The maximum atomic E-state index is 9.49. The van der Waals surface area contributed by atoms with Gasteiger partial charge in [-0.2, -0.15) is 0 Å². The molecular weight excluding hydrogens is 236 g/mol. The third-order valence-electron chi connectivity index (χ3n) is 3.96. The minimum atomic E-state index is -0.173. The molecule has 3 rings (SSSR count). The maximum Gasteiger partial charge on any atom is 0.137 e. The van der Waals surface area contributed by atoms with Gasteiger partial charge in [-0.05, 0) is 44.4 Å². The zero-order valence-corrected chi connectivity index (χ0v) is 11.3. The molecule has 19 heavy (non-hydrogen) atoms. The largest absolute Gasteiger partial charge is 0.395 e. The highest BCUT2D eigenvalue weighted by Crippen LogP contribution is 2.46. The second-order valence-corrected chi connectivity index (χ2v) is 5.52. The molecule has 98 valence electrons. The summed E-state index contributed by atoms with van der Waals surface area (Å²) in [5.41, 5.74) is 4.37. The van der Waals surface area contributed by atoms with E-state index in [4.69, 9.17) is 0 Å².